The van der Waals surface area contributed by atoms with E-state index in [4.69, 9.17) is 9.40 Å². The van der Waals surface area contributed by atoms with Crippen LogP contribution in [0.3, 0.4) is 0 Å². The lowest BCUT2D eigenvalue weighted by atomic mass is 10.1. The van der Waals surface area contributed by atoms with Gasteiger partial charge < -0.3 is 15.1 Å². The number of halogens is 2. The Hall–Kier alpha value is -2.09. The number of rotatable bonds is 7. The number of furan rings is 1. The highest BCUT2D eigenvalue weighted by molar-refractivity contribution is 6.06. The van der Waals surface area contributed by atoms with Crippen LogP contribution in [0.25, 0.3) is 22.3 Å². The van der Waals surface area contributed by atoms with E-state index in [1.165, 1.54) is 0 Å². The van der Waals surface area contributed by atoms with Gasteiger partial charge in [0.2, 0.25) is 0 Å². The zero-order valence-corrected chi connectivity index (χ0v) is 19.0. The normalized spacial score (nSPS) is 10.7. The number of carbonyl (C=O) groups is 1. The largest absolute Gasteiger partial charge is 0.466 e. The van der Waals surface area contributed by atoms with Crippen molar-refractivity contribution in [1.29, 1.82) is 0 Å². The summed E-state index contributed by atoms with van der Waals surface area (Å²) in [5, 5.41) is 11.3. The maximum atomic E-state index is 12.9. The molecular formula is C20H29Cl2N5O2. The molecule has 3 heterocycles. The number of aromatic nitrogens is 3. The fourth-order valence-electron chi connectivity index (χ4n) is 3.17. The smallest absolute Gasteiger partial charge is 0.252 e. The van der Waals surface area contributed by atoms with E-state index >= 15 is 0 Å². The molecule has 0 aromatic carbocycles. The molecule has 29 heavy (non-hydrogen) atoms. The summed E-state index contributed by atoms with van der Waals surface area (Å²) in [6, 6.07) is 3.93. The summed E-state index contributed by atoms with van der Waals surface area (Å²) in [5.74, 6) is 1.50. The zero-order valence-electron chi connectivity index (χ0n) is 17.4. The minimum atomic E-state index is -0.110. The van der Waals surface area contributed by atoms with Crippen molar-refractivity contribution in [2.45, 2.75) is 40.2 Å². The molecule has 0 saturated carbocycles. The first-order chi connectivity index (χ1) is 12.9. The van der Waals surface area contributed by atoms with Gasteiger partial charge in [0.05, 0.1) is 22.8 Å². The van der Waals surface area contributed by atoms with E-state index in [9.17, 15) is 4.79 Å². The number of carbonyl (C=O) groups excluding carboxylic acids is 1. The van der Waals surface area contributed by atoms with Crippen LogP contribution in [0.1, 0.15) is 48.2 Å². The highest BCUT2D eigenvalue weighted by atomic mass is 35.5. The minimum Gasteiger partial charge on any atom is -0.466 e. The van der Waals surface area contributed by atoms with E-state index in [1.807, 2.05) is 51.6 Å². The molecule has 0 saturated heterocycles. The zero-order chi connectivity index (χ0) is 19.6. The number of fused-ring (bicyclic) bond motifs is 1. The Balaban J connectivity index is 0.00000210. The Morgan fingerprint density at radius 1 is 1.21 bits per heavy atom. The van der Waals surface area contributed by atoms with E-state index in [0.29, 0.717) is 17.8 Å². The second kappa shape index (κ2) is 10.6. The molecule has 3 aromatic rings. The van der Waals surface area contributed by atoms with Gasteiger partial charge in [-0.15, -0.1) is 24.8 Å². The maximum Gasteiger partial charge on any atom is 0.252 e. The lowest BCUT2D eigenvalue weighted by molar-refractivity contribution is 0.0955. The van der Waals surface area contributed by atoms with Crippen molar-refractivity contribution in [3.63, 3.8) is 0 Å². The third-order valence-corrected chi connectivity index (χ3v) is 4.51. The Morgan fingerprint density at radius 3 is 2.52 bits per heavy atom. The molecule has 0 bridgehead atoms. The summed E-state index contributed by atoms with van der Waals surface area (Å²) >= 11 is 0. The van der Waals surface area contributed by atoms with Gasteiger partial charge in [-0.3, -0.25) is 4.79 Å². The molecule has 0 atom stereocenters. The van der Waals surface area contributed by atoms with Crippen molar-refractivity contribution < 1.29 is 9.21 Å². The molecule has 7 nitrogen and oxygen atoms in total. The van der Waals surface area contributed by atoms with Crippen molar-refractivity contribution >= 4 is 41.8 Å². The number of aryl methyl sites for hydroxylation is 2. The van der Waals surface area contributed by atoms with Gasteiger partial charge in [0.1, 0.15) is 11.5 Å². The molecule has 0 aliphatic rings. The van der Waals surface area contributed by atoms with Crippen LogP contribution in [0.4, 0.5) is 0 Å². The van der Waals surface area contributed by atoms with E-state index in [1.54, 1.807) is 6.20 Å². The molecule has 0 unspecified atom stereocenters. The Morgan fingerprint density at radius 2 is 1.93 bits per heavy atom. The van der Waals surface area contributed by atoms with Gasteiger partial charge in [0, 0.05) is 18.2 Å². The van der Waals surface area contributed by atoms with Crippen LogP contribution >= 0.6 is 24.8 Å². The van der Waals surface area contributed by atoms with E-state index in [2.05, 4.69) is 15.7 Å². The lowest BCUT2D eigenvalue weighted by Gasteiger charge is -2.11. The summed E-state index contributed by atoms with van der Waals surface area (Å²) in [6.45, 7) is 9.38. The monoisotopic (exact) mass is 441 g/mol. The number of pyridine rings is 1. The quantitative estimate of drug-likeness (QED) is 0.539. The first kappa shape index (κ1) is 24.9. The van der Waals surface area contributed by atoms with Gasteiger partial charge in [0.25, 0.3) is 5.91 Å². The van der Waals surface area contributed by atoms with Gasteiger partial charge in [-0.25, -0.2) is 9.67 Å². The number of hydrogen-bond donors (Lipinski definition) is 2. The summed E-state index contributed by atoms with van der Waals surface area (Å²) < 4.78 is 7.51. The summed E-state index contributed by atoms with van der Waals surface area (Å²) in [5.41, 5.74) is 2.92. The molecule has 0 spiro atoms. The summed E-state index contributed by atoms with van der Waals surface area (Å²) in [6.07, 6.45) is 2.59. The van der Waals surface area contributed by atoms with Crippen molar-refractivity contribution in [3.8, 4) is 11.3 Å². The van der Waals surface area contributed by atoms with Crippen LogP contribution in [-0.4, -0.2) is 40.8 Å². The molecule has 0 radical (unpaired) electrons. The molecule has 2 N–H and O–H groups in total. The average molecular weight is 442 g/mol. The third kappa shape index (κ3) is 5.29. The SMILES string of the molecule is CNCCCNC(=O)c1cc(-c2cc(C)oc2C)nc2c1cnn2C(C)C.Cl.Cl. The fraction of sp³-hybridized carbons (Fsp3) is 0.450. The molecule has 0 aliphatic heterocycles. The molecule has 9 heteroatoms. The molecule has 3 rings (SSSR count). The third-order valence-electron chi connectivity index (χ3n) is 4.51. The number of nitrogens with zero attached hydrogens (tertiary/aromatic N) is 3. The molecule has 0 aliphatic carbocycles. The van der Waals surface area contributed by atoms with Crippen LogP contribution < -0.4 is 10.6 Å². The first-order valence-electron chi connectivity index (χ1n) is 9.30. The maximum absolute atomic E-state index is 12.9. The van der Waals surface area contributed by atoms with Crippen LogP contribution in [0.15, 0.2) is 22.7 Å². The van der Waals surface area contributed by atoms with Crippen molar-refractivity contribution in [1.82, 2.24) is 25.4 Å². The molecule has 0 fully saturated rings. The molecule has 1 amide bonds. The summed E-state index contributed by atoms with van der Waals surface area (Å²) in [7, 11) is 1.90. The molecule has 3 aromatic heterocycles. The standard InChI is InChI=1S/C20H27N5O2.2ClH/c1-12(2)25-19-17(11-23-25)16(20(26)22-8-6-7-21-5)10-18(24-19)15-9-13(3)27-14(15)4;;/h9-12,21H,6-8H2,1-5H3,(H,22,26);2*1H. The van der Waals surface area contributed by atoms with Gasteiger partial charge in [0.15, 0.2) is 5.65 Å². The van der Waals surface area contributed by atoms with Gasteiger partial charge in [-0.05, 0) is 59.8 Å². The van der Waals surface area contributed by atoms with Crippen LogP contribution in [-0.2, 0) is 0 Å². The highest BCUT2D eigenvalue weighted by Gasteiger charge is 2.20. The number of hydrogen-bond acceptors (Lipinski definition) is 5. The Kier molecular flexibility index (Phi) is 9.14. The lowest BCUT2D eigenvalue weighted by Crippen LogP contribution is -2.26. The van der Waals surface area contributed by atoms with Crippen LogP contribution in [0.2, 0.25) is 0 Å². The van der Waals surface area contributed by atoms with E-state index < -0.39 is 0 Å². The van der Waals surface area contributed by atoms with E-state index in [0.717, 1.165) is 41.1 Å². The minimum absolute atomic E-state index is 0. The average Bonchev–Trinajstić information content (AvgIpc) is 3.20. The fourth-order valence-corrected chi connectivity index (χ4v) is 3.17. The second-order valence-electron chi connectivity index (χ2n) is 7.02. The Bertz CT molecular complexity index is 965. The van der Waals surface area contributed by atoms with Crippen LogP contribution in [0.5, 0.6) is 0 Å². The van der Waals surface area contributed by atoms with Crippen molar-refractivity contribution in [2.24, 2.45) is 0 Å². The van der Waals surface area contributed by atoms with Crippen molar-refractivity contribution in [2.75, 3.05) is 20.1 Å². The van der Waals surface area contributed by atoms with Gasteiger partial charge in [-0.2, -0.15) is 5.10 Å². The van der Waals surface area contributed by atoms with Gasteiger partial charge >= 0.3 is 0 Å². The van der Waals surface area contributed by atoms with Crippen molar-refractivity contribution in [3.05, 3.63) is 35.4 Å². The Labute approximate surface area is 183 Å². The molecule has 160 valence electrons. The number of amides is 1. The van der Waals surface area contributed by atoms with Crippen LogP contribution in [0, 0.1) is 13.8 Å². The number of nitrogens with one attached hydrogen (secondary N) is 2. The topological polar surface area (TPSA) is 85.0 Å². The second-order valence-corrected chi connectivity index (χ2v) is 7.02. The highest BCUT2D eigenvalue weighted by Crippen LogP contribution is 2.30. The van der Waals surface area contributed by atoms with E-state index in [-0.39, 0.29) is 36.8 Å². The predicted molar refractivity (Wildman–Crippen MR) is 120 cm³/mol. The van der Waals surface area contributed by atoms with Gasteiger partial charge in [-0.1, -0.05) is 0 Å². The molecular weight excluding hydrogens is 413 g/mol. The predicted octanol–water partition coefficient (Wildman–Crippen LogP) is 4.07. The summed E-state index contributed by atoms with van der Waals surface area (Å²) in [4.78, 5) is 17.7. The first-order valence-corrected chi connectivity index (χ1v) is 9.30.